The van der Waals surface area contributed by atoms with Crippen LogP contribution in [0.25, 0.3) is 0 Å². The number of benzene rings is 2. The summed E-state index contributed by atoms with van der Waals surface area (Å²) in [5.41, 5.74) is 0.868. The van der Waals surface area contributed by atoms with E-state index in [1.165, 1.54) is 11.0 Å². The van der Waals surface area contributed by atoms with Crippen LogP contribution in [0.2, 0.25) is 5.02 Å². The van der Waals surface area contributed by atoms with E-state index < -0.39 is 18.4 Å². The Labute approximate surface area is 160 Å². The van der Waals surface area contributed by atoms with E-state index >= 15 is 0 Å². The minimum absolute atomic E-state index is 0.00434. The molecule has 0 saturated heterocycles. The molecule has 6 nitrogen and oxygen atoms in total. The van der Waals surface area contributed by atoms with Crippen LogP contribution in [0.3, 0.4) is 0 Å². The third-order valence-corrected chi connectivity index (χ3v) is 4.34. The molecule has 0 bridgehead atoms. The Hall–Kier alpha value is -2.80. The van der Waals surface area contributed by atoms with Gasteiger partial charge in [-0.15, -0.1) is 0 Å². The fourth-order valence-electron chi connectivity index (χ4n) is 2.59. The molecule has 1 heterocycles. The highest BCUT2D eigenvalue weighted by Gasteiger charge is 2.19. The van der Waals surface area contributed by atoms with Crippen molar-refractivity contribution in [3.05, 3.63) is 58.4 Å². The van der Waals surface area contributed by atoms with Crippen molar-refractivity contribution in [1.29, 1.82) is 0 Å². The van der Waals surface area contributed by atoms with Gasteiger partial charge >= 0.3 is 5.97 Å². The number of nitrogens with zero attached hydrogens (tertiary/aromatic N) is 1. The Kier molecular flexibility index (Phi) is 5.81. The maximum atomic E-state index is 13.1. The van der Waals surface area contributed by atoms with Gasteiger partial charge in [0.15, 0.2) is 18.1 Å². The third-order valence-electron chi connectivity index (χ3n) is 4.02. The average Bonchev–Trinajstić information content (AvgIpc) is 3.11. The van der Waals surface area contributed by atoms with Crippen molar-refractivity contribution in [2.75, 3.05) is 19.9 Å². The molecule has 3 rings (SSSR count). The molecule has 2 aromatic carbocycles. The van der Waals surface area contributed by atoms with Gasteiger partial charge in [-0.05, 0) is 42.8 Å². The first-order chi connectivity index (χ1) is 13.0. The fourth-order valence-corrected chi connectivity index (χ4v) is 2.83. The number of halogens is 2. The highest BCUT2D eigenvalue weighted by molar-refractivity contribution is 6.33. The molecule has 1 amide bonds. The topological polar surface area (TPSA) is 65.1 Å². The van der Waals surface area contributed by atoms with Crippen LogP contribution in [0.5, 0.6) is 11.5 Å². The van der Waals surface area contributed by atoms with E-state index in [-0.39, 0.29) is 23.3 Å². The molecular formula is C19H17ClFNO5. The highest BCUT2D eigenvalue weighted by Crippen LogP contribution is 2.32. The van der Waals surface area contributed by atoms with E-state index in [2.05, 4.69) is 0 Å². The number of amides is 1. The van der Waals surface area contributed by atoms with E-state index in [0.29, 0.717) is 24.6 Å². The summed E-state index contributed by atoms with van der Waals surface area (Å²) < 4.78 is 28.7. The van der Waals surface area contributed by atoms with Crippen LogP contribution in [-0.4, -0.2) is 36.7 Å². The molecule has 2 aromatic rings. The van der Waals surface area contributed by atoms with Gasteiger partial charge in [-0.2, -0.15) is 0 Å². The van der Waals surface area contributed by atoms with Gasteiger partial charge in [0, 0.05) is 13.1 Å². The summed E-state index contributed by atoms with van der Waals surface area (Å²) in [5, 5.41) is -0.0693. The van der Waals surface area contributed by atoms with Gasteiger partial charge in [-0.1, -0.05) is 17.7 Å². The van der Waals surface area contributed by atoms with Crippen molar-refractivity contribution in [3.63, 3.8) is 0 Å². The molecule has 0 radical (unpaired) electrons. The van der Waals surface area contributed by atoms with Crippen molar-refractivity contribution < 1.29 is 28.2 Å². The first-order valence-corrected chi connectivity index (χ1v) is 8.64. The fraction of sp³-hybridized carbons (Fsp3) is 0.263. The number of hydrogen-bond acceptors (Lipinski definition) is 5. The SMILES string of the molecule is CCN(Cc1ccc2c(c1)OCO2)C(=O)COC(=O)c1ccc(F)cc1Cl. The summed E-state index contributed by atoms with van der Waals surface area (Å²) >= 11 is 5.83. The van der Waals surface area contributed by atoms with Crippen molar-refractivity contribution >= 4 is 23.5 Å². The zero-order chi connectivity index (χ0) is 19.4. The number of carbonyl (C=O) groups is 2. The molecule has 142 valence electrons. The Balaban J connectivity index is 1.59. The molecule has 0 spiro atoms. The van der Waals surface area contributed by atoms with Gasteiger partial charge in [0.05, 0.1) is 10.6 Å². The lowest BCUT2D eigenvalue weighted by molar-refractivity contribution is -0.134. The summed E-state index contributed by atoms with van der Waals surface area (Å²) in [6.45, 7) is 2.33. The lowest BCUT2D eigenvalue weighted by Crippen LogP contribution is -2.34. The number of ether oxygens (including phenoxy) is 3. The largest absolute Gasteiger partial charge is 0.454 e. The van der Waals surface area contributed by atoms with Crippen LogP contribution in [0, 0.1) is 5.82 Å². The second-order valence-electron chi connectivity index (χ2n) is 5.80. The Morgan fingerprint density at radius 3 is 2.70 bits per heavy atom. The molecule has 0 fully saturated rings. The van der Waals surface area contributed by atoms with Gasteiger partial charge in [0.1, 0.15) is 5.82 Å². The first kappa shape index (κ1) is 19.0. The maximum Gasteiger partial charge on any atom is 0.340 e. The van der Waals surface area contributed by atoms with Crippen molar-refractivity contribution in [1.82, 2.24) is 4.90 Å². The standard InChI is InChI=1S/C19H17ClFNO5/c1-2-22(9-12-3-6-16-17(7-12)27-11-26-16)18(23)10-25-19(24)14-5-4-13(21)8-15(14)20/h3-8H,2,9-11H2,1H3. The Morgan fingerprint density at radius 1 is 1.19 bits per heavy atom. The van der Waals surface area contributed by atoms with E-state index in [0.717, 1.165) is 17.7 Å². The number of likely N-dealkylation sites (N-methyl/N-ethyl adjacent to an activating group) is 1. The minimum Gasteiger partial charge on any atom is -0.454 e. The van der Waals surface area contributed by atoms with E-state index in [1.54, 1.807) is 6.07 Å². The quantitative estimate of drug-likeness (QED) is 0.704. The minimum atomic E-state index is -0.785. The molecule has 8 heteroatoms. The van der Waals surface area contributed by atoms with E-state index in [9.17, 15) is 14.0 Å². The smallest absolute Gasteiger partial charge is 0.340 e. The second-order valence-corrected chi connectivity index (χ2v) is 6.20. The lowest BCUT2D eigenvalue weighted by Gasteiger charge is -2.21. The molecular weight excluding hydrogens is 377 g/mol. The maximum absolute atomic E-state index is 13.1. The van der Waals surface area contributed by atoms with Crippen LogP contribution < -0.4 is 9.47 Å². The van der Waals surface area contributed by atoms with Crippen LogP contribution >= 0.6 is 11.6 Å². The molecule has 0 atom stereocenters. The van der Waals surface area contributed by atoms with Gasteiger partial charge in [-0.3, -0.25) is 4.79 Å². The number of rotatable bonds is 6. The second kappa shape index (κ2) is 8.26. The van der Waals surface area contributed by atoms with Gasteiger partial charge in [-0.25, -0.2) is 9.18 Å². The third kappa shape index (κ3) is 4.49. The molecule has 0 unspecified atom stereocenters. The van der Waals surface area contributed by atoms with Crippen LogP contribution in [0.4, 0.5) is 4.39 Å². The number of fused-ring (bicyclic) bond motifs is 1. The molecule has 0 saturated carbocycles. The van der Waals surface area contributed by atoms with Crippen molar-refractivity contribution in [3.8, 4) is 11.5 Å². The lowest BCUT2D eigenvalue weighted by atomic mass is 10.2. The average molecular weight is 394 g/mol. The molecule has 1 aliphatic heterocycles. The summed E-state index contributed by atoms with van der Waals surface area (Å²) in [4.78, 5) is 26.0. The molecule has 0 N–H and O–H groups in total. The van der Waals surface area contributed by atoms with Crippen LogP contribution in [0.1, 0.15) is 22.8 Å². The Morgan fingerprint density at radius 2 is 1.96 bits per heavy atom. The summed E-state index contributed by atoms with van der Waals surface area (Å²) in [6, 6.07) is 8.76. The first-order valence-electron chi connectivity index (χ1n) is 8.26. The normalized spacial score (nSPS) is 12.0. The van der Waals surface area contributed by atoms with Gasteiger partial charge in [0.25, 0.3) is 5.91 Å². The molecule has 0 aromatic heterocycles. The van der Waals surface area contributed by atoms with Gasteiger partial charge < -0.3 is 19.1 Å². The number of esters is 1. The monoisotopic (exact) mass is 393 g/mol. The van der Waals surface area contributed by atoms with Crippen LogP contribution in [-0.2, 0) is 16.1 Å². The number of carbonyl (C=O) groups excluding carboxylic acids is 2. The zero-order valence-electron chi connectivity index (χ0n) is 14.5. The summed E-state index contributed by atoms with van der Waals surface area (Å²) in [7, 11) is 0. The highest BCUT2D eigenvalue weighted by atomic mass is 35.5. The molecule has 1 aliphatic rings. The van der Waals surface area contributed by atoms with Crippen LogP contribution in [0.15, 0.2) is 36.4 Å². The van der Waals surface area contributed by atoms with E-state index in [4.69, 9.17) is 25.8 Å². The van der Waals surface area contributed by atoms with E-state index in [1.807, 2.05) is 19.1 Å². The van der Waals surface area contributed by atoms with Gasteiger partial charge in [0.2, 0.25) is 6.79 Å². The van der Waals surface area contributed by atoms with Crippen molar-refractivity contribution in [2.24, 2.45) is 0 Å². The van der Waals surface area contributed by atoms with Crippen molar-refractivity contribution in [2.45, 2.75) is 13.5 Å². The number of hydrogen-bond donors (Lipinski definition) is 0. The molecule has 27 heavy (non-hydrogen) atoms. The molecule has 0 aliphatic carbocycles. The summed E-state index contributed by atoms with van der Waals surface area (Å²) in [6.07, 6.45) is 0. The predicted octanol–water partition coefficient (Wildman–Crippen LogP) is 3.41. The summed E-state index contributed by atoms with van der Waals surface area (Å²) in [5.74, 6) is -0.408. The predicted molar refractivity (Wildman–Crippen MR) is 95.3 cm³/mol. The Bertz CT molecular complexity index is 873. The zero-order valence-corrected chi connectivity index (χ0v) is 15.3.